The number of rotatable bonds is 4. The molecular formula is C21H13F5O. The van der Waals surface area contributed by atoms with Crippen LogP contribution in [0.5, 0.6) is 0 Å². The topological polar surface area (TPSA) is 17.1 Å². The van der Waals surface area contributed by atoms with E-state index in [1.165, 1.54) is 6.07 Å². The van der Waals surface area contributed by atoms with Gasteiger partial charge in [0.25, 0.3) is 0 Å². The molecule has 0 heterocycles. The molecule has 0 atom stereocenters. The van der Waals surface area contributed by atoms with Crippen LogP contribution in [-0.4, -0.2) is 17.9 Å². The second kappa shape index (κ2) is 6.95. The van der Waals surface area contributed by atoms with Gasteiger partial charge in [-0.05, 0) is 16.7 Å². The van der Waals surface area contributed by atoms with Crippen LogP contribution in [0.3, 0.4) is 0 Å². The fourth-order valence-corrected chi connectivity index (χ4v) is 2.81. The highest BCUT2D eigenvalue weighted by Crippen LogP contribution is 2.42. The highest BCUT2D eigenvalue weighted by Gasteiger charge is 2.63. The molecule has 3 rings (SSSR count). The molecule has 0 aliphatic carbocycles. The molecule has 0 aliphatic rings. The van der Waals surface area contributed by atoms with Gasteiger partial charge in [-0.3, -0.25) is 4.79 Å². The summed E-state index contributed by atoms with van der Waals surface area (Å²) in [5.74, 6) is -7.75. The summed E-state index contributed by atoms with van der Waals surface area (Å²) in [5, 5.41) is 0. The van der Waals surface area contributed by atoms with E-state index in [1.807, 2.05) is 0 Å². The minimum absolute atomic E-state index is 0.0400. The van der Waals surface area contributed by atoms with Crippen molar-refractivity contribution in [1.29, 1.82) is 0 Å². The highest BCUT2D eigenvalue weighted by molar-refractivity contribution is 6.09. The molecule has 0 spiro atoms. The lowest BCUT2D eigenvalue weighted by Crippen LogP contribution is -2.44. The van der Waals surface area contributed by atoms with Crippen LogP contribution in [0.15, 0.2) is 78.9 Å². The average Bonchev–Trinajstić information content (AvgIpc) is 2.67. The third-order valence-electron chi connectivity index (χ3n) is 4.10. The number of alkyl halides is 5. The Morgan fingerprint density at radius 3 is 1.67 bits per heavy atom. The molecule has 138 valence electrons. The van der Waals surface area contributed by atoms with Gasteiger partial charge in [0.15, 0.2) is 0 Å². The summed E-state index contributed by atoms with van der Waals surface area (Å²) in [6.07, 6.45) is -5.97. The molecule has 0 N–H and O–H groups in total. The molecule has 3 aromatic rings. The maximum absolute atomic E-state index is 13.8. The number of carbonyl (C=O) groups excluding carboxylic acids is 1. The fourth-order valence-electron chi connectivity index (χ4n) is 2.81. The van der Waals surface area contributed by atoms with Gasteiger partial charge in [0, 0.05) is 11.1 Å². The van der Waals surface area contributed by atoms with Crippen molar-refractivity contribution < 1.29 is 26.7 Å². The Balaban J connectivity index is 2.29. The van der Waals surface area contributed by atoms with Crippen molar-refractivity contribution >= 4 is 5.78 Å². The molecule has 0 saturated heterocycles. The summed E-state index contributed by atoms with van der Waals surface area (Å²) in [7, 11) is 0. The van der Waals surface area contributed by atoms with Crippen LogP contribution < -0.4 is 0 Å². The second-order valence-corrected chi connectivity index (χ2v) is 5.86. The zero-order valence-electron chi connectivity index (χ0n) is 13.8. The van der Waals surface area contributed by atoms with Gasteiger partial charge in [0.05, 0.1) is 0 Å². The second-order valence-electron chi connectivity index (χ2n) is 5.86. The maximum Gasteiger partial charge on any atom is 0.461 e. The van der Waals surface area contributed by atoms with Crippen molar-refractivity contribution in [3.63, 3.8) is 0 Å². The average molecular weight is 376 g/mol. The molecule has 1 nitrogen and oxygen atoms in total. The molecule has 0 bridgehead atoms. The van der Waals surface area contributed by atoms with E-state index in [9.17, 15) is 26.7 Å². The van der Waals surface area contributed by atoms with Gasteiger partial charge in [-0.25, -0.2) is 0 Å². The molecule has 3 aromatic carbocycles. The van der Waals surface area contributed by atoms with Crippen molar-refractivity contribution in [3.8, 4) is 22.3 Å². The van der Waals surface area contributed by atoms with E-state index in [1.54, 1.807) is 66.7 Å². The van der Waals surface area contributed by atoms with Crippen LogP contribution in [-0.2, 0) is 0 Å². The van der Waals surface area contributed by atoms with Crippen molar-refractivity contribution in [2.75, 3.05) is 0 Å². The van der Waals surface area contributed by atoms with Crippen LogP contribution in [0.25, 0.3) is 22.3 Å². The number of hydrogen-bond acceptors (Lipinski definition) is 1. The molecule has 6 heteroatoms. The van der Waals surface area contributed by atoms with E-state index in [-0.39, 0.29) is 5.56 Å². The molecule has 0 saturated carbocycles. The van der Waals surface area contributed by atoms with Crippen LogP contribution in [0, 0.1) is 0 Å². The Morgan fingerprint density at radius 1 is 0.630 bits per heavy atom. The largest absolute Gasteiger partial charge is 0.461 e. The van der Waals surface area contributed by atoms with Crippen molar-refractivity contribution in [2.24, 2.45) is 0 Å². The van der Waals surface area contributed by atoms with Gasteiger partial charge in [-0.15, -0.1) is 0 Å². The Bertz CT molecular complexity index is 947. The minimum atomic E-state index is -5.97. The summed E-state index contributed by atoms with van der Waals surface area (Å²) < 4.78 is 65.8. The molecule has 27 heavy (non-hydrogen) atoms. The van der Waals surface area contributed by atoms with Gasteiger partial charge in [0.1, 0.15) is 0 Å². The van der Waals surface area contributed by atoms with Crippen LogP contribution in [0.4, 0.5) is 22.0 Å². The molecule has 0 radical (unpaired) electrons. The first kappa shape index (κ1) is 18.8. The predicted octanol–water partition coefficient (Wildman–Crippen LogP) is 6.40. The molecular weight excluding hydrogens is 363 g/mol. The van der Waals surface area contributed by atoms with Crippen molar-refractivity contribution in [2.45, 2.75) is 12.1 Å². The van der Waals surface area contributed by atoms with Gasteiger partial charge in [0.2, 0.25) is 5.78 Å². The lowest BCUT2D eigenvalue weighted by molar-refractivity contribution is -0.255. The lowest BCUT2D eigenvalue weighted by Gasteiger charge is -2.21. The van der Waals surface area contributed by atoms with Crippen LogP contribution in [0.2, 0.25) is 0 Å². The van der Waals surface area contributed by atoms with Crippen LogP contribution >= 0.6 is 0 Å². The summed E-state index contributed by atoms with van der Waals surface area (Å²) in [6.45, 7) is 0. The van der Waals surface area contributed by atoms with Crippen molar-refractivity contribution in [3.05, 3.63) is 84.4 Å². The fraction of sp³-hybridized carbons (Fsp3) is 0.0952. The third-order valence-corrected chi connectivity index (χ3v) is 4.10. The van der Waals surface area contributed by atoms with Crippen molar-refractivity contribution in [1.82, 2.24) is 0 Å². The zero-order chi connectivity index (χ0) is 19.7. The van der Waals surface area contributed by atoms with E-state index in [0.717, 1.165) is 6.07 Å². The third kappa shape index (κ3) is 3.47. The maximum atomic E-state index is 13.8. The molecule has 0 aliphatic heterocycles. The number of hydrogen-bond donors (Lipinski definition) is 0. The van der Waals surface area contributed by atoms with Gasteiger partial charge in [-0.1, -0.05) is 78.9 Å². The first-order valence-corrected chi connectivity index (χ1v) is 7.96. The number of Topliss-reactive ketones (excluding diaryl/α,β-unsaturated/α-hetero) is 1. The summed E-state index contributed by atoms with van der Waals surface area (Å²) in [5.41, 5.74) is 0.730. The van der Waals surface area contributed by atoms with Gasteiger partial charge < -0.3 is 0 Å². The summed E-state index contributed by atoms with van der Waals surface area (Å²) in [4.78, 5) is 12.2. The first-order valence-electron chi connectivity index (χ1n) is 7.96. The molecule has 0 aromatic heterocycles. The Labute approximate surface area is 152 Å². The van der Waals surface area contributed by atoms with E-state index in [2.05, 4.69) is 0 Å². The van der Waals surface area contributed by atoms with E-state index < -0.39 is 23.4 Å². The lowest BCUT2D eigenvalue weighted by atomic mass is 9.87. The standard InChI is InChI=1S/C21H13F5O/c22-20(23,21(24,25)26)19(27)17-13-7-12-16(14-8-3-1-4-9-14)18(17)15-10-5-2-6-11-15/h1-13H. The number of carbonyl (C=O) groups is 1. The normalized spacial score (nSPS) is 12.0. The Kier molecular flexibility index (Phi) is 4.83. The quantitative estimate of drug-likeness (QED) is 0.380. The molecule has 0 fully saturated rings. The van der Waals surface area contributed by atoms with E-state index in [0.29, 0.717) is 16.7 Å². The summed E-state index contributed by atoms with van der Waals surface area (Å²) >= 11 is 0. The molecule has 0 unspecified atom stereocenters. The Hall–Kier alpha value is -3.02. The summed E-state index contributed by atoms with van der Waals surface area (Å²) in [6, 6.07) is 20.5. The SMILES string of the molecule is O=C(c1cccc(-c2ccccc2)c1-c1ccccc1)C(F)(F)C(F)(F)F. The van der Waals surface area contributed by atoms with E-state index in [4.69, 9.17) is 0 Å². The number of halogens is 5. The smallest absolute Gasteiger partial charge is 0.287 e. The molecule has 0 amide bonds. The van der Waals surface area contributed by atoms with Gasteiger partial charge >= 0.3 is 12.1 Å². The minimum Gasteiger partial charge on any atom is -0.287 e. The predicted molar refractivity (Wildman–Crippen MR) is 92.6 cm³/mol. The van der Waals surface area contributed by atoms with Gasteiger partial charge in [-0.2, -0.15) is 22.0 Å². The van der Waals surface area contributed by atoms with E-state index >= 15 is 0 Å². The Morgan fingerprint density at radius 2 is 1.15 bits per heavy atom. The number of ketones is 1. The van der Waals surface area contributed by atoms with Crippen LogP contribution in [0.1, 0.15) is 10.4 Å². The highest BCUT2D eigenvalue weighted by atomic mass is 19.4. The monoisotopic (exact) mass is 376 g/mol. The number of benzene rings is 3. The first-order chi connectivity index (χ1) is 12.7. The zero-order valence-corrected chi connectivity index (χ0v) is 13.8.